The van der Waals surface area contributed by atoms with Gasteiger partial charge in [-0.15, -0.1) is 0 Å². The van der Waals surface area contributed by atoms with E-state index in [0.717, 1.165) is 11.1 Å². The summed E-state index contributed by atoms with van der Waals surface area (Å²) in [5.41, 5.74) is 1.64. The summed E-state index contributed by atoms with van der Waals surface area (Å²) >= 11 is 0. The molecule has 0 aliphatic rings. The molecular formula is C19H16N4O4S. The summed E-state index contributed by atoms with van der Waals surface area (Å²) in [4.78, 5) is 15.3. The summed E-state index contributed by atoms with van der Waals surface area (Å²) in [7, 11) is -3.74. The van der Waals surface area contributed by atoms with Crippen LogP contribution in [0.15, 0.2) is 81.4 Å². The van der Waals surface area contributed by atoms with Crippen molar-refractivity contribution in [3.63, 3.8) is 0 Å². The van der Waals surface area contributed by atoms with Gasteiger partial charge in [0.05, 0.1) is 11.4 Å². The first-order valence-electron chi connectivity index (χ1n) is 8.44. The maximum atomic E-state index is 12.7. The van der Waals surface area contributed by atoms with Crippen LogP contribution in [0.3, 0.4) is 0 Å². The highest BCUT2D eigenvalue weighted by Gasteiger charge is 2.16. The fraction of sp³-hybridized carbons (Fsp3) is 0.105. The predicted molar refractivity (Wildman–Crippen MR) is 102 cm³/mol. The third-order valence-corrected chi connectivity index (χ3v) is 5.67. The minimum absolute atomic E-state index is 0.0996. The highest BCUT2D eigenvalue weighted by molar-refractivity contribution is 7.89. The zero-order valence-corrected chi connectivity index (χ0v) is 15.5. The molecule has 1 N–H and O–H groups in total. The standard InChI is InChI=1S/C19H16N4O4S/c24-19-8-5-14-9-17(6-7-18(14)27-19)28(25,26)22-10-15-3-1-2-4-16(15)11-23-13-20-12-21-23/h1-9,12-13,22H,10-11H2. The number of hydrogen-bond acceptors (Lipinski definition) is 6. The second-order valence-electron chi connectivity index (χ2n) is 6.14. The monoisotopic (exact) mass is 396 g/mol. The van der Waals surface area contributed by atoms with E-state index in [9.17, 15) is 13.2 Å². The molecule has 4 aromatic rings. The van der Waals surface area contributed by atoms with Crippen LogP contribution in [0.5, 0.6) is 0 Å². The van der Waals surface area contributed by atoms with Crippen LogP contribution in [0.2, 0.25) is 0 Å². The second-order valence-corrected chi connectivity index (χ2v) is 7.91. The Labute approximate surface area is 160 Å². The van der Waals surface area contributed by atoms with Gasteiger partial charge in [0.2, 0.25) is 10.0 Å². The topological polar surface area (TPSA) is 107 Å². The van der Waals surface area contributed by atoms with Gasteiger partial charge in [-0.05, 0) is 35.4 Å². The van der Waals surface area contributed by atoms with Gasteiger partial charge in [0.25, 0.3) is 0 Å². The number of nitrogens with one attached hydrogen (secondary N) is 1. The van der Waals surface area contributed by atoms with Gasteiger partial charge in [-0.25, -0.2) is 27.6 Å². The molecule has 2 aromatic carbocycles. The normalized spacial score (nSPS) is 11.7. The Hall–Kier alpha value is -3.30. The molecule has 2 aromatic heterocycles. The van der Waals surface area contributed by atoms with Crippen molar-refractivity contribution in [2.45, 2.75) is 18.0 Å². The van der Waals surface area contributed by atoms with Gasteiger partial charge < -0.3 is 4.42 Å². The molecule has 8 nitrogen and oxygen atoms in total. The van der Waals surface area contributed by atoms with E-state index in [-0.39, 0.29) is 11.4 Å². The van der Waals surface area contributed by atoms with Crippen molar-refractivity contribution in [2.24, 2.45) is 0 Å². The second kappa shape index (κ2) is 7.37. The predicted octanol–water partition coefficient (Wildman–Crippen LogP) is 1.91. The van der Waals surface area contributed by atoms with Crippen molar-refractivity contribution in [1.29, 1.82) is 0 Å². The maximum Gasteiger partial charge on any atom is 0.336 e. The van der Waals surface area contributed by atoms with E-state index in [4.69, 9.17) is 4.42 Å². The van der Waals surface area contributed by atoms with Crippen molar-refractivity contribution in [3.05, 3.63) is 88.8 Å². The molecule has 9 heteroatoms. The minimum atomic E-state index is -3.74. The van der Waals surface area contributed by atoms with Gasteiger partial charge in [0.1, 0.15) is 18.2 Å². The number of nitrogens with zero attached hydrogens (tertiary/aromatic N) is 3. The molecule has 0 radical (unpaired) electrons. The SMILES string of the molecule is O=c1ccc2cc(S(=O)(=O)NCc3ccccc3Cn3cncn3)ccc2o1. The molecule has 0 amide bonds. The fourth-order valence-electron chi connectivity index (χ4n) is 2.85. The van der Waals surface area contributed by atoms with Gasteiger partial charge in [-0.3, -0.25) is 0 Å². The summed E-state index contributed by atoms with van der Waals surface area (Å²) in [5, 5.41) is 4.62. The van der Waals surface area contributed by atoms with Gasteiger partial charge in [-0.1, -0.05) is 24.3 Å². The molecule has 4 rings (SSSR count). The summed E-state index contributed by atoms with van der Waals surface area (Å²) in [6, 6.07) is 14.7. The zero-order valence-electron chi connectivity index (χ0n) is 14.6. The first-order chi connectivity index (χ1) is 13.5. The van der Waals surface area contributed by atoms with Crippen LogP contribution >= 0.6 is 0 Å². The Morgan fingerprint density at radius 1 is 1.04 bits per heavy atom. The molecule has 0 unspecified atom stereocenters. The minimum Gasteiger partial charge on any atom is -0.423 e. The number of sulfonamides is 1. The molecule has 142 valence electrons. The highest BCUT2D eigenvalue weighted by Crippen LogP contribution is 2.18. The molecule has 2 heterocycles. The first-order valence-corrected chi connectivity index (χ1v) is 9.92. The van der Waals surface area contributed by atoms with Crippen LogP contribution in [0.25, 0.3) is 11.0 Å². The van der Waals surface area contributed by atoms with E-state index in [1.807, 2.05) is 24.3 Å². The molecule has 28 heavy (non-hydrogen) atoms. The van der Waals surface area contributed by atoms with Crippen LogP contribution in [-0.2, 0) is 23.1 Å². The molecule has 0 atom stereocenters. The van der Waals surface area contributed by atoms with E-state index in [1.54, 1.807) is 11.0 Å². The summed E-state index contributed by atoms with van der Waals surface area (Å²) in [5.74, 6) is 0. The Bertz CT molecular complexity index is 1280. The lowest BCUT2D eigenvalue weighted by Crippen LogP contribution is -2.24. The van der Waals surface area contributed by atoms with Crippen LogP contribution in [0.1, 0.15) is 11.1 Å². The average Bonchev–Trinajstić information content (AvgIpc) is 3.20. The Kier molecular flexibility index (Phi) is 4.76. The lowest BCUT2D eigenvalue weighted by Gasteiger charge is -2.11. The highest BCUT2D eigenvalue weighted by atomic mass is 32.2. The largest absolute Gasteiger partial charge is 0.423 e. The van der Waals surface area contributed by atoms with E-state index in [2.05, 4.69) is 14.8 Å². The number of rotatable bonds is 6. The van der Waals surface area contributed by atoms with Gasteiger partial charge in [0.15, 0.2) is 0 Å². The average molecular weight is 396 g/mol. The smallest absolute Gasteiger partial charge is 0.336 e. The maximum absolute atomic E-state index is 12.7. The molecule has 0 saturated carbocycles. The number of fused-ring (bicyclic) bond motifs is 1. The van der Waals surface area contributed by atoms with Gasteiger partial charge in [-0.2, -0.15) is 5.10 Å². The van der Waals surface area contributed by atoms with Gasteiger partial charge >= 0.3 is 5.63 Å². The third kappa shape index (κ3) is 3.85. The molecule has 0 fully saturated rings. The van der Waals surface area contributed by atoms with Crippen LogP contribution in [0, 0.1) is 0 Å². The molecule has 0 aliphatic heterocycles. The Morgan fingerprint density at radius 3 is 2.64 bits per heavy atom. The van der Waals surface area contributed by atoms with Crippen molar-refractivity contribution < 1.29 is 12.8 Å². The van der Waals surface area contributed by atoms with E-state index in [1.165, 1.54) is 36.7 Å². The molecule has 0 spiro atoms. The Morgan fingerprint density at radius 2 is 1.86 bits per heavy atom. The fourth-order valence-corrected chi connectivity index (χ4v) is 3.89. The lowest BCUT2D eigenvalue weighted by molar-refractivity contribution is 0.560. The third-order valence-electron chi connectivity index (χ3n) is 4.27. The van der Waals surface area contributed by atoms with Crippen LogP contribution in [-0.4, -0.2) is 23.2 Å². The number of aromatic nitrogens is 3. The quantitative estimate of drug-likeness (QED) is 0.499. The first kappa shape index (κ1) is 18.1. The summed E-state index contributed by atoms with van der Waals surface area (Å²) in [6.45, 7) is 0.627. The van der Waals surface area contributed by atoms with E-state index >= 15 is 0 Å². The summed E-state index contributed by atoms with van der Waals surface area (Å²) in [6.07, 6.45) is 3.06. The van der Waals surface area contributed by atoms with Crippen LogP contribution in [0.4, 0.5) is 0 Å². The Balaban J connectivity index is 1.56. The van der Waals surface area contributed by atoms with E-state index < -0.39 is 15.6 Å². The van der Waals surface area contributed by atoms with Crippen LogP contribution < -0.4 is 10.3 Å². The summed E-state index contributed by atoms with van der Waals surface area (Å²) < 4.78 is 34.8. The molecule has 0 bridgehead atoms. The van der Waals surface area contributed by atoms with Crippen molar-refractivity contribution >= 4 is 21.0 Å². The lowest BCUT2D eigenvalue weighted by atomic mass is 10.1. The van der Waals surface area contributed by atoms with Gasteiger partial charge in [0, 0.05) is 18.0 Å². The van der Waals surface area contributed by atoms with Crippen molar-refractivity contribution in [3.8, 4) is 0 Å². The number of benzene rings is 2. The molecular weight excluding hydrogens is 380 g/mol. The van der Waals surface area contributed by atoms with E-state index in [0.29, 0.717) is 17.5 Å². The molecule has 0 saturated heterocycles. The van der Waals surface area contributed by atoms with Crippen molar-refractivity contribution in [1.82, 2.24) is 19.5 Å². The number of hydrogen-bond donors (Lipinski definition) is 1. The van der Waals surface area contributed by atoms with Crippen molar-refractivity contribution in [2.75, 3.05) is 0 Å². The zero-order chi connectivity index (χ0) is 19.6. The molecule has 0 aliphatic carbocycles.